The van der Waals surface area contributed by atoms with Crippen molar-refractivity contribution in [1.29, 1.82) is 0 Å². The molecular formula is C23H30ClN3O5S. The van der Waals surface area contributed by atoms with E-state index in [9.17, 15) is 18.0 Å². The third-order valence-corrected chi connectivity index (χ3v) is 6.87. The molecule has 8 nitrogen and oxygen atoms in total. The number of rotatable bonds is 10. The van der Waals surface area contributed by atoms with Crippen LogP contribution < -0.4 is 14.4 Å². The predicted molar refractivity (Wildman–Crippen MR) is 130 cm³/mol. The molecule has 10 heteroatoms. The van der Waals surface area contributed by atoms with Crippen molar-refractivity contribution in [3.05, 3.63) is 58.6 Å². The highest BCUT2D eigenvalue weighted by molar-refractivity contribution is 7.92. The van der Waals surface area contributed by atoms with Crippen LogP contribution in [-0.4, -0.2) is 58.1 Å². The van der Waals surface area contributed by atoms with Gasteiger partial charge in [-0.3, -0.25) is 13.9 Å². The van der Waals surface area contributed by atoms with Gasteiger partial charge in [0.05, 0.1) is 19.1 Å². The van der Waals surface area contributed by atoms with Crippen molar-refractivity contribution in [2.75, 3.05) is 31.3 Å². The summed E-state index contributed by atoms with van der Waals surface area (Å²) >= 11 is 6.19. The lowest BCUT2D eigenvalue weighted by Crippen LogP contribution is -2.51. The van der Waals surface area contributed by atoms with E-state index in [0.29, 0.717) is 28.4 Å². The summed E-state index contributed by atoms with van der Waals surface area (Å²) in [5.41, 5.74) is 1.63. The molecule has 0 heterocycles. The highest BCUT2D eigenvalue weighted by Crippen LogP contribution is 2.28. The number of ether oxygens (including phenoxy) is 1. The van der Waals surface area contributed by atoms with Crippen molar-refractivity contribution < 1.29 is 22.7 Å². The highest BCUT2D eigenvalue weighted by Gasteiger charge is 2.31. The minimum atomic E-state index is -3.82. The SMILES string of the molecule is CCC(C(=O)NC)N(Cc1ccc(OC)cc1)C(=O)CN(c1cccc(Cl)c1C)S(C)(=O)=O. The van der Waals surface area contributed by atoms with Gasteiger partial charge in [-0.1, -0.05) is 36.7 Å². The van der Waals surface area contributed by atoms with Crippen molar-refractivity contribution in [3.8, 4) is 5.75 Å². The van der Waals surface area contributed by atoms with E-state index in [2.05, 4.69) is 5.32 Å². The van der Waals surface area contributed by atoms with Crippen LogP contribution in [0.5, 0.6) is 5.75 Å². The average molecular weight is 496 g/mol. The molecule has 2 rings (SSSR count). The summed E-state index contributed by atoms with van der Waals surface area (Å²) in [6.07, 6.45) is 1.39. The fourth-order valence-electron chi connectivity index (χ4n) is 3.47. The molecule has 0 aliphatic carbocycles. The first-order valence-electron chi connectivity index (χ1n) is 10.4. The topological polar surface area (TPSA) is 96.0 Å². The molecule has 0 spiro atoms. The second-order valence-electron chi connectivity index (χ2n) is 7.56. The van der Waals surface area contributed by atoms with Crippen LogP contribution in [0.15, 0.2) is 42.5 Å². The smallest absolute Gasteiger partial charge is 0.244 e. The Morgan fingerprint density at radius 2 is 1.79 bits per heavy atom. The second-order valence-corrected chi connectivity index (χ2v) is 9.88. The third-order valence-electron chi connectivity index (χ3n) is 5.33. The van der Waals surface area contributed by atoms with E-state index in [1.165, 1.54) is 11.9 Å². The van der Waals surface area contributed by atoms with Gasteiger partial charge in [-0.2, -0.15) is 0 Å². The Morgan fingerprint density at radius 1 is 1.15 bits per heavy atom. The lowest BCUT2D eigenvalue weighted by Gasteiger charge is -2.33. The molecule has 2 amide bonds. The molecule has 2 aromatic carbocycles. The summed E-state index contributed by atoms with van der Waals surface area (Å²) in [6.45, 7) is 3.14. The summed E-state index contributed by atoms with van der Waals surface area (Å²) in [5, 5.41) is 2.97. The van der Waals surface area contributed by atoms with Gasteiger partial charge in [0.15, 0.2) is 0 Å². The molecule has 33 heavy (non-hydrogen) atoms. The zero-order valence-electron chi connectivity index (χ0n) is 19.5. The van der Waals surface area contributed by atoms with E-state index in [4.69, 9.17) is 16.3 Å². The molecule has 0 fully saturated rings. The van der Waals surface area contributed by atoms with E-state index in [1.54, 1.807) is 63.4 Å². The van der Waals surface area contributed by atoms with Gasteiger partial charge < -0.3 is 15.0 Å². The molecule has 2 aromatic rings. The van der Waals surface area contributed by atoms with Crippen molar-refractivity contribution in [3.63, 3.8) is 0 Å². The van der Waals surface area contributed by atoms with Crippen LogP contribution >= 0.6 is 11.6 Å². The maximum Gasteiger partial charge on any atom is 0.244 e. The first-order valence-corrected chi connectivity index (χ1v) is 12.6. The Labute approximate surface area is 200 Å². The lowest BCUT2D eigenvalue weighted by molar-refractivity contribution is -0.140. The number of nitrogens with one attached hydrogen (secondary N) is 1. The van der Waals surface area contributed by atoms with Crippen molar-refractivity contribution in [2.24, 2.45) is 0 Å². The van der Waals surface area contributed by atoms with Crippen molar-refractivity contribution in [1.82, 2.24) is 10.2 Å². The van der Waals surface area contributed by atoms with Crippen LogP contribution in [0.2, 0.25) is 5.02 Å². The minimum absolute atomic E-state index is 0.126. The predicted octanol–water partition coefficient (Wildman–Crippen LogP) is 2.98. The fourth-order valence-corrected chi connectivity index (χ4v) is 4.54. The third kappa shape index (κ3) is 6.61. The van der Waals surface area contributed by atoms with Crippen molar-refractivity contribution >= 4 is 39.1 Å². The minimum Gasteiger partial charge on any atom is -0.497 e. The Hall–Kier alpha value is -2.78. The summed E-state index contributed by atoms with van der Waals surface area (Å²) in [7, 11) is -0.760. The maximum atomic E-state index is 13.5. The van der Waals surface area contributed by atoms with E-state index >= 15 is 0 Å². The number of benzene rings is 2. The standard InChI is InChI=1S/C23H30ClN3O5S/c1-6-20(23(29)25-3)26(14-17-10-12-18(32-4)13-11-17)22(28)15-27(33(5,30)31)21-9-7-8-19(24)16(21)2/h7-13,20H,6,14-15H2,1-5H3,(H,25,29). The van der Waals surface area contributed by atoms with Gasteiger partial charge in [0.25, 0.3) is 0 Å². The summed E-state index contributed by atoms with van der Waals surface area (Å²) in [5.74, 6) is -0.176. The number of anilines is 1. The van der Waals surface area contributed by atoms with Gasteiger partial charge in [-0.05, 0) is 48.7 Å². The fraction of sp³-hybridized carbons (Fsp3) is 0.391. The number of carbonyl (C=O) groups excluding carboxylic acids is 2. The first-order chi connectivity index (χ1) is 15.5. The van der Waals surface area contributed by atoms with Gasteiger partial charge in [0, 0.05) is 18.6 Å². The van der Waals surface area contributed by atoms with Crippen LogP contribution in [0.25, 0.3) is 0 Å². The number of carbonyl (C=O) groups is 2. The maximum absolute atomic E-state index is 13.5. The molecule has 0 aromatic heterocycles. The molecule has 0 radical (unpaired) electrons. The number of amides is 2. The molecule has 1 unspecified atom stereocenters. The van der Waals surface area contributed by atoms with E-state index in [1.807, 2.05) is 0 Å². The molecule has 0 saturated heterocycles. The molecule has 180 valence electrons. The molecule has 0 saturated carbocycles. The first kappa shape index (κ1) is 26.5. The van der Waals surface area contributed by atoms with E-state index in [-0.39, 0.29) is 12.5 Å². The number of methoxy groups -OCH3 is 1. The monoisotopic (exact) mass is 495 g/mol. The normalized spacial score (nSPS) is 12.1. The highest BCUT2D eigenvalue weighted by atomic mass is 35.5. The molecule has 0 aliphatic rings. The largest absolute Gasteiger partial charge is 0.497 e. The van der Waals surface area contributed by atoms with Crippen LogP contribution in [0.4, 0.5) is 5.69 Å². The number of halogens is 1. The van der Waals surface area contributed by atoms with Crippen LogP contribution in [0, 0.1) is 6.92 Å². The van der Waals surface area contributed by atoms with Gasteiger partial charge in [-0.15, -0.1) is 0 Å². The zero-order chi connectivity index (χ0) is 24.8. The Bertz CT molecular complexity index is 1090. The summed E-state index contributed by atoms with van der Waals surface area (Å²) in [6, 6.07) is 11.2. The Morgan fingerprint density at radius 3 is 2.30 bits per heavy atom. The quantitative estimate of drug-likeness (QED) is 0.546. The van der Waals surface area contributed by atoms with Gasteiger partial charge in [0.1, 0.15) is 18.3 Å². The number of likely N-dealkylation sites (N-methyl/N-ethyl adjacent to an activating group) is 1. The van der Waals surface area contributed by atoms with Crippen molar-refractivity contribution in [2.45, 2.75) is 32.9 Å². The van der Waals surface area contributed by atoms with Gasteiger partial charge >= 0.3 is 0 Å². The summed E-state index contributed by atoms with van der Waals surface area (Å²) < 4.78 is 31.5. The van der Waals surface area contributed by atoms with Gasteiger partial charge in [-0.25, -0.2) is 8.42 Å². The molecule has 1 N–H and O–H groups in total. The molecule has 0 aliphatic heterocycles. The second kappa shape index (κ2) is 11.4. The molecular weight excluding hydrogens is 466 g/mol. The summed E-state index contributed by atoms with van der Waals surface area (Å²) in [4.78, 5) is 27.5. The lowest BCUT2D eigenvalue weighted by atomic mass is 10.1. The van der Waals surface area contributed by atoms with Crippen LogP contribution in [-0.2, 0) is 26.2 Å². The van der Waals surface area contributed by atoms with Crippen LogP contribution in [0.1, 0.15) is 24.5 Å². The number of hydrogen-bond donors (Lipinski definition) is 1. The van der Waals surface area contributed by atoms with Gasteiger partial charge in [0.2, 0.25) is 21.8 Å². The van der Waals surface area contributed by atoms with Crippen LogP contribution in [0.3, 0.4) is 0 Å². The Kier molecular flexibility index (Phi) is 9.13. The number of nitrogens with zero attached hydrogens (tertiary/aromatic N) is 2. The number of hydrogen-bond acceptors (Lipinski definition) is 5. The number of sulfonamides is 1. The average Bonchev–Trinajstić information content (AvgIpc) is 2.78. The van der Waals surface area contributed by atoms with E-state index < -0.39 is 28.5 Å². The molecule has 0 bridgehead atoms. The molecule has 1 atom stereocenters. The van der Waals surface area contributed by atoms with E-state index in [0.717, 1.165) is 16.1 Å². The zero-order valence-corrected chi connectivity index (χ0v) is 21.0. The Balaban J connectivity index is 2.46.